The molecule has 0 radical (unpaired) electrons. The summed E-state index contributed by atoms with van der Waals surface area (Å²) in [6.45, 7) is 2.33. The summed E-state index contributed by atoms with van der Waals surface area (Å²) in [4.78, 5) is 11.1. The van der Waals surface area contributed by atoms with E-state index in [-0.39, 0.29) is 27.8 Å². The molecule has 0 unspecified atom stereocenters. The number of rotatable bonds is 11. The summed E-state index contributed by atoms with van der Waals surface area (Å²) in [6, 6.07) is 12.2. The van der Waals surface area contributed by atoms with E-state index in [1.165, 1.54) is 6.20 Å². The number of para-hydroxylation sites is 1. The normalized spacial score (nSPS) is 17.8. The Morgan fingerprint density at radius 3 is 2.66 bits per heavy atom. The van der Waals surface area contributed by atoms with Gasteiger partial charge in [0, 0.05) is 25.7 Å². The fourth-order valence-electron chi connectivity index (χ4n) is 4.23. The van der Waals surface area contributed by atoms with Gasteiger partial charge in [0.05, 0.1) is 24.7 Å². The van der Waals surface area contributed by atoms with Gasteiger partial charge < -0.3 is 25.0 Å². The number of likely N-dealkylation sites (N-methyl/N-ethyl adjacent to an activating group) is 1. The van der Waals surface area contributed by atoms with E-state index in [4.69, 9.17) is 21.1 Å². The number of hydrogen-bond donors (Lipinski definition) is 3. The predicted octanol–water partition coefficient (Wildman–Crippen LogP) is 4.40. The molecule has 3 N–H and O–H groups in total. The highest BCUT2D eigenvalue weighted by atomic mass is 35.5. The number of ether oxygens (including phenoxy) is 2. The van der Waals surface area contributed by atoms with Crippen LogP contribution in [0.1, 0.15) is 19.3 Å². The molecule has 1 atom stereocenters. The Labute approximate surface area is 227 Å². The molecule has 0 amide bonds. The van der Waals surface area contributed by atoms with Gasteiger partial charge in [-0.1, -0.05) is 23.7 Å². The van der Waals surface area contributed by atoms with Crippen LogP contribution in [0.3, 0.4) is 0 Å². The van der Waals surface area contributed by atoms with Crippen molar-refractivity contribution in [3.8, 4) is 11.5 Å². The van der Waals surface area contributed by atoms with Crippen molar-refractivity contribution >= 4 is 44.8 Å². The Morgan fingerprint density at radius 2 is 1.92 bits per heavy atom. The van der Waals surface area contributed by atoms with E-state index in [9.17, 15) is 8.42 Å². The number of methoxy groups -OCH3 is 1. The lowest BCUT2D eigenvalue weighted by Gasteiger charge is -2.17. The van der Waals surface area contributed by atoms with Crippen LogP contribution in [-0.2, 0) is 10.0 Å². The van der Waals surface area contributed by atoms with E-state index in [1.807, 2.05) is 18.2 Å². The number of aromatic nitrogens is 2. The lowest BCUT2D eigenvalue weighted by Crippen LogP contribution is -2.26. The number of anilines is 4. The Bertz CT molecular complexity index is 1400. The molecule has 1 aromatic heterocycles. The monoisotopic (exact) mass is 558 g/mol. The maximum atomic E-state index is 12.9. The van der Waals surface area contributed by atoms with Crippen LogP contribution in [0.4, 0.5) is 23.1 Å². The summed E-state index contributed by atoms with van der Waals surface area (Å²) >= 11 is 6.37. The molecule has 5 rings (SSSR count). The van der Waals surface area contributed by atoms with Crippen molar-refractivity contribution in [2.75, 3.05) is 44.4 Å². The molecule has 1 saturated heterocycles. The van der Waals surface area contributed by atoms with Crippen molar-refractivity contribution in [2.24, 2.45) is 5.92 Å². The number of halogens is 1. The maximum absolute atomic E-state index is 12.9. The molecule has 2 aliphatic rings. The summed E-state index contributed by atoms with van der Waals surface area (Å²) in [5.74, 6) is 2.23. The smallest absolute Gasteiger partial charge is 0.242 e. The average Bonchev–Trinajstić information content (AvgIpc) is 3.66. The highest BCUT2D eigenvalue weighted by Gasteiger charge is 2.26. The van der Waals surface area contributed by atoms with E-state index in [0.29, 0.717) is 29.6 Å². The molecule has 1 saturated carbocycles. The molecule has 202 valence electrons. The van der Waals surface area contributed by atoms with Gasteiger partial charge in [0.15, 0.2) is 5.82 Å². The Hall–Kier alpha value is -3.12. The summed E-state index contributed by atoms with van der Waals surface area (Å²) < 4.78 is 40.2. The highest BCUT2D eigenvalue weighted by molar-refractivity contribution is 7.89. The molecule has 2 heterocycles. The number of hydrogen-bond acceptors (Lipinski definition) is 9. The van der Waals surface area contributed by atoms with Crippen LogP contribution >= 0.6 is 11.6 Å². The number of likely N-dealkylation sites (tertiary alicyclic amines) is 1. The summed E-state index contributed by atoms with van der Waals surface area (Å²) in [5, 5.41) is 6.45. The van der Waals surface area contributed by atoms with Crippen molar-refractivity contribution in [2.45, 2.75) is 30.3 Å². The van der Waals surface area contributed by atoms with Crippen LogP contribution in [-0.4, -0.2) is 63.2 Å². The fourth-order valence-corrected chi connectivity index (χ4v) is 5.64. The predicted molar refractivity (Wildman–Crippen MR) is 147 cm³/mol. The summed E-state index contributed by atoms with van der Waals surface area (Å²) in [7, 11) is -0.0478. The van der Waals surface area contributed by atoms with Crippen molar-refractivity contribution in [1.82, 2.24) is 19.6 Å². The van der Waals surface area contributed by atoms with E-state index < -0.39 is 10.0 Å². The van der Waals surface area contributed by atoms with Gasteiger partial charge in [-0.05, 0) is 56.5 Å². The molecule has 12 heteroatoms. The van der Waals surface area contributed by atoms with Crippen molar-refractivity contribution in [1.29, 1.82) is 0 Å². The molecule has 0 spiro atoms. The third-order valence-electron chi connectivity index (χ3n) is 6.50. The van der Waals surface area contributed by atoms with Gasteiger partial charge in [0.25, 0.3) is 0 Å². The SMILES string of the molecule is COc1cc(O[C@@H]2CCN(C)C2)ccc1Nc1ncc(Cl)c(Nc2ccccc2S(=O)(=O)NCC2CC2)n1. The van der Waals surface area contributed by atoms with Crippen LogP contribution in [0.25, 0.3) is 0 Å². The zero-order valence-electron chi connectivity index (χ0n) is 21.3. The van der Waals surface area contributed by atoms with Crippen LogP contribution < -0.4 is 24.8 Å². The quantitative estimate of drug-likeness (QED) is 0.315. The second kappa shape index (κ2) is 11.3. The fraction of sp³-hybridized carbons (Fsp3) is 0.385. The van der Waals surface area contributed by atoms with Gasteiger partial charge in [-0.3, -0.25) is 0 Å². The molecular weight excluding hydrogens is 528 g/mol. The van der Waals surface area contributed by atoms with E-state index in [2.05, 4.69) is 37.3 Å². The van der Waals surface area contributed by atoms with Gasteiger partial charge >= 0.3 is 0 Å². The van der Waals surface area contributed by atoms with Gasteiger partial charge in [0.1, 0.15) is 27.5 Å². The van der Waals surface area contributed by atoms with Crippen molar-refractivity contribution < 1.29 is 17.9 Å². The van der Waals surface area contributed by atoms with E-state index in [0.717, 1.165) is 38.1 Å². The van der Waals surface area contributed by atoms with Gasteiger partial charge in [-0.2, -0.15) is 4.98 Å². The number of nitrogens with zero attached hydrogens (tertiary/aromatic N) is 3. The summed E-state index contributed by atoms with van der Waals surface area (Å²) in [6.07, 6.45) is 4.67. The lowest BCUT2D eigenvalue weighted by molar-refractivity contribution is 0.207. The molecule has 1 aliphatic carbocycles. The number of benzene rings is 2. The molecule has 2 fully saturated rings. The molecule has 38 heavy (non-hydrogen) atoms. The van der Waals surface area contributed by atoms with Crippen molar-refractivity contribution in [3.05, 3.63) is 53.7 Å². The molecule has 0 bridgehead atoms. The van der Waals surface area contributed by atoms with Gasteiger partial charge in [-0.15, -0.1) is 0 Å². The summed E-state index contributed by atoms with van der Waals surface area (Å²) in [5.41, 5.74) is 1.00. The largest absolute Gasteiger partial charge is 0.494 e. The third kappa shape index (κ3) is 6.47. The van der Waals surface area contributed by atoms with Gasteiger partial charge in [-0.25, -0.2) is 18.1 Å². The zero-order valence-corrected chi connectivity index (χ0v) is 22.8. The van der Waals surface area contributed by atoms with Crippen LogP contribution in [0.15, 0.2) is 53.6 Å². The second-order valence-corrected chi connectivity index (χ2v) is 11.7. The van der Waals surface area contributed by atoms with Gasteiger partial charge in [0.2, 0.25) is 16.0 Å². The van der Waals surface area contributed by atoms with E-state index in [1.54, 1.807) is 31.4 Å². The standard InChI is InChI=1S/C26H31ClN6O4S/c1-33-12-11-19(16-33)37-18-9-10-21(23(13-18)36-2)31-26-28-15-20(27)25(32-26)30-22-5-3-4-6-24(22)38(34,35)29-14-17-7-8-17/h3-6,9-10,13,15,17,19,29H,7-8,11-12,14,16H2,1-2H3,(H2,28,30,31,32)/t19-/m1/s1. The first-order valence-corrected chi connectivity index (χ1v) is 14.4. The van der Waals surface area contributed by atoms with Crippen molar-refractivity contribution in [3.63, 3.8) is 0 Å². The van der Waals surface area contributed by atoms with Crippen LogP contribution in [0, 0.1) is 5.92 Å². The maximum Gasteiger partial charge on any atom is 0.242 e. The minimum absolute atomic E-state index is 0.121. The van der Waals surface area contributed by atoms with Crippen LogP contribution in [0.2, 0.25) is 5.02 Å². The van der Waals surface area contributed by atoms with Crippen LogP contribution in [0.5, 0.6) is 11.5 Å². The number of nitrogens with one attached hydrogen (secondary N) is 3. The minimum atomic E-state index is -3.71. The first kappa shape index (κ1) is 26.5. The second-order valence-electron chi connectivity index (χ2n) is 9.58. The molecule has 10 nitrogen and oxygen atoms in total. The Kier molecular flexibility index (Phi) is 7.89. The zero-order chi connectivity index (χ0) is 26.7. The Balaban J connectivity index is 1.33. The first-order valence-electron chi connectivity index (χ1n) is 12.5. The number of sulfonamides is 1. The third-order valence-corrected chi connectivity index (χ3v) is 8.26. The molecule has 1 aliphatic heterocycles. The minimum Gasteiger partial charge on any atom is -0.494 e. The first-order chi connectivity index (χ1) is 18.3. The average molecular weight is 559 g/mol. The molecule has 3 aromatic rings. The highest BCUT2D eigenvalue weighted by Crippen LogP contribution is 2.34. The molecule has 2 aromatic carbocycles. The topological polar surface area (TPSA) is 118 Å². The van der Waals surface area contributed by atoms with E-state index >= 15 is 0 Å². The Morgan fingerprint density at radius 1 is 1.11 bits per heavy atom. The lowest BCUT2D eigenvalue weighted by atomic mass is 10.2. The molecular formula is C26H31ClN6O4S.